The third-order valence-electron chi connectivity index (χ3n) is 3.30. The van der Waals surface area contributed by atoms with Crippen molar-refractivity contribution in [3.8, 4) is 5.69 Å². The van der Waals surface area contributed by atoms with Crippen LogP contribution < -0.4 is 0 Å². The Morgan fingerprint density at radius 2 is 2.14 bits per heavy atom. The zero-order valence-electron chi connectivity index (χ0n) is 11.8. The molecule has 1 fully saturated rings. The molecule has 0 radical (unpaired) electrons. The Hall–Kier alpha value is -1.37. The average molecular weight is 352 g/mol. The third kappa shape index (κ3) is 3.04. The number of rotatable bonds is 3. The Kier molecular flexibility index (Phi) is 4.52. The summed E-state index contributed by atoms with van der Waals surface area (Å²) in [5.41, 5.74) is 1.80. The van der Waals surface area contributed by atoms with Crippen LogP contribution in [-0.4, -0.2) is 31.8 Å². The standard InChI is InChI=1S/C15H14ClN3OS2/c1-2-18-14(20)13(22-15(18)21)7-10-8-17-19(9-10)12-5-3-11(16)4-6-12/h3-9,15,21H,2H2,1H3/b13-7-. The molecule has 0 bridgehead atoms. The number of carbonyl (C=O) groups excluding carboxylic acids is 1. The maximum atomic E-state index is 12.2. The molecule has 1 aromatic heterocycles. The number of carbonyl (C=O) groups is 1. The van der Waals surface area contributed by atoms with Crippen molar-refractivity contribution in [2.45, 2.75) is 11.6 Å². The first-order valence-electron chi connectivity index (χ1n) is 6.76. The Morgan fingerprint density at radius 3 is 2.77 bits per heavy atom. The van der Waals surface area contributed by atoms with E-state index < -0.39 is 0 Å². The predicted octanol–water partition coefficient (Wildman–Crippen LogP) is 3.68. The van der Waals surface area contributed by atoms with E-state index in [1.165, 1.54) is 11.8 Å². The minimum Gasteiger partial charge on any atom is -0.317 e. The number of hydrogen-bond acceptors (Lipinski definition) is 4. The minimum absolute atomic E-state index is 0.0201. The second kappa shape index (κ2) is 6.40. The molecule has 1 aromatic carbocycles. The molecule has 0 N–H and O–H groups in total. The number of hydrogen-bond donors (Lipinski definition) is 1. The summed E-state index contributed by atoms with van der Waals surface area (Å²) in [6.45, 7) is 2.60. The van der Waals surface area contributed by atoms with Gasteiger partial charge in [-0.15, -0.1) is 12.6 Å². The smallest absolute Gasteiger partial charge is 0.261 e. The molecule has 2 heterocycles. The number of halogens is 1. The SMILES string of the molecule is CCN1C(=O)/C(=C/c2cnn(-c3ccc(Cl)cc3)c2)SC1S. The van der Waals surface area contributed by atoms with E-state index in [-0.39, 0.29) is 10.6 Å². The number of amides is 1. The summed E-state index contributed by atoms with van der Waals surface area (Å²) in [5, 5.41) is 5.00. The van der Waals surface area contributed by atoms with E-state index in [2.05, 4.69) is 17.7 Å². The number of thiol groups is 1. The Morgan fingerprint density at radius 1 is 1.41 bits per heavy atom. The lowest BCUT2D eigenvalue weighted by Gasteiger charge is -2.15. The van der Waals surface area contributed by atoms with Crippen molar-refractivity contribution < 1.29 is 4.79 Å². The Bertz CT molecular complexity index is 727. The number of benzene rings is 1. The third-order valence-corrected chi connectivity index (χ3v) is 5.16. The minimum atomic E-state index is -0.116. The summed E-state index contributed by atoms with van der Waals surface area (Å²) >= 11 is 11.8. The molecule has 1 amide bonds. The van der Waals surface area contributed by atoms with Crippen LogP contribution in [0.4, 0.5) is 0 Å². The van der Waals surface area contributed by atoms with Crippen LogP contribution in [0.2, 0.25) is 5.02 Å². The van der Waals surface area contributed by atoms with Gasteiger partial charge in [-0.3, -0.25) is 4.79 Å². The normalized spacial score (nSPS) is 20.1. The van der Waals surface area contributed by atoms with Gasteiger partial charge in [0.05, 0.1) is 16.8 Å². The summed E-state index contributed by atoms with van der Waals surface area (Å²) < 4.78 is 1.64. The van der Waals surface area contributed by atoms with Crippen LogP contribution in [0.1, 0.15) is 12.5 Å². The first-order valence-corrected chi connectivity index (χ1v) is 8.54. The quantitative estimate of drug-likeness (QED) is 0.677. The molecule has 0 saturated carbocycles. The molecule has 1 aliphatic heterocycles. The first kappa shape index (κ1) is 15.5. The van der Waals surface area contributed by atoms with Gasteiger partial charge in [0, 0.05) is 23.3 Å². The maximum absolute atomic E-state index is 12.2. The van der Waals surface area contributed by atoms with Gasteiger partial charge in [0.15, 0.2) is 0 Å². The van der Waals surface area contributed by atoms with Gasteiger partial charge >= 0.3 is 0 Å². The van der Waals surface area contributed by atoms with E-state index in [1.807, 2.05) is 43.5 Å². The zero-order valence-corrected chi connectivity index (χ0v) is 14.3. The summed E-state index contributed by atoms with van der Waals surface area (Å²) in [7, 11) is 0. The Labute approximate surface area is 143 Å². The fourth-order valence-electron chi connectivity index (χ4n) is 2.16. The van der Waals surface area contributed by atoms with Gasteiger partial charge in [-0.1, -0.05) is 23.4 Å². The van der Waals surface area contributed by atoms with Gasteiger partial charge in [-0.25, -0.2) is 4.68 Å². The molecular weight excluding hydrogens is 338 g/mol. The molecule has 1 unspecified atom stereocenters. The van der Waals surface area contributed by atoms with E-state index in [9.17, 15) is 4.79 Å². The highest BCUT2D eigenvalue weighted by atomic mass is 35.5. The lowest BCUT2D eigenvalue weighted by Crippen LogP contribution is -2.28. The molecule has 1 aliphatic rings. The van der Waals surface area contributed by atoms with Crippen LogP contribution in [0.15, 0.2) is 41.6 Å². The molecule has 7 heteroatoms. The van der Waals surface area contributed by atoms with E-state index in [0.717, 1.165) is 11.3 Å². The number of nitrogens with zero attached hydrogens (tertiary/aromatic N) is 3. The largest absolute Gasteiger partial charge is 0.317 e. The van der Waals surface area contributed by atoms with Gasteiger partial charge in [-0.2, -0.15) is 5.10 Å². The van der Waals surface area contributed by atoms with Gasteiger partial charge < -0.3 is 4.90 Å². The fraction of sp³-hybridized carbons (Fsp3) is 0.200. The van der Waals surface area contributed by atoms with Gasteiger partial charge in [-0.05, 0) is 37.3 Å². The molecule has 114 valence electrons. The van der Waals surface area contributed by atoms with E-state index in [0.29, 0.717) is 16.5 Å². The van der Waals surface area contributed by atoms with Crippen molar-refractivity contribution in [2.24, 2.45) is 0 Å². The van der Waals surface area contributed by atoms with Crippen molar-refractivity contribution in [3.63, 3.8) is 0 Å². The summed E-state index contributed by atoms with van der Waals surface area (Å²) in [5.74, 6) is 0.0201. The summed E-state index contributed by atoms with van der Waals surface area (Å²) in [6, 6.07) is 7.42. The molecule has 4 nitrogen and oxygen atoms in total. The van der Waals surface area contributed by atoms with Gasteiger partial charge in [0.2, 0.25) is 0 Å². The van der Waals surface area contributed by atoms with Crippen molar-refractivity contribution in [3.05, 3.63) is 52.2 Å². The topological polar surface area (TPSA) is 38.1 Å². The van der Waals surface area contributed by atoms with Gasteiger partial charge in [0.1, 0.15) is 4.71 Å². The van der Waals surface area contributed by atoms with Crippen molar-refractivity contribution in [1.29, 1.82) is 0 Å². The molecule has 1 atom stereocenters. The highest BCUT2D eigenvalue weighted by Gasteiger charge is 2.32. The van der Waals surface area contributed by atoms with E-state index >= 15 is 0 Å². The number of likely N-dealkylation sites (N-methyl/N-ethyl adjacent to an activating group) is 1. The number of aromatic nitrogens is 2. The van der Waals surface area contributed by atoms with Crippen LogP contribution >= 0.6 is 36.0 Å². The number of thioether (sulfide) groups is 1. The summed E-state index contributed by atoms with van der Waals surface area (Å²) in [4.78, 5) is 14.6. The van der Waals surface area contributed by atoms with Crippen LogP contribution in [0, 0.1) is 0 Å². The lowest BCUT2D eigenvalue weighted by molar-refractivity contribution is -0.124. The molecule has 1 saturated heterocycles. The molecule has 3 rings (SSSR count). The molecular formula is C15H14ClN3OS2. The van der Waals surface area contributed by atoms with E-state index in [1.54, 1.807) is 15.8 Å². The Balaban J connectivity index is 1.84. The molecule has 0 spiro atoms. The fourth-order valence-corrected chi connectivity index (χ4v) is 3.92. The van der Waals surface area contributed by atoms with E-state index in [4.69, 9.17) is 11.6 Å². The van der Waals surface area contributed by atoms with Crippen molar-refractivity contribution in [2.75, 3.05) is 6.54 Å². The van der Waals surface area contributed by atoms with Crippen molar-refractivity contribution >= 4 is 48.0 Å². The van der Waals surface area contributed by atoms with Crippen LogP contribution in [0.25, 0.3) is 11.8 Å². The first-order chi connectivity index (χ1) is 10.6. The molecule has 0 aliphatic carbocycles. The average Bonchev–Trinajstić information content (AvgIpc) is 3.06. The second-order valence-corrected chi connectivity index (χ2v) is 7.14. The molecule has 2 aromatic rings. The maximum Gasteiger partial charge on any atom is 0.261 e. The zero-order chi connectivity index (χ0) is 15.7. The van der Waals surface area contributed by atoms with Crippen LogP contribution in [0.5, 0.6) is 0 Å². The highest BCUT2D eigenvalue weighted by molar-refractivity contribution is 8.14. The summed E-state index contributed by atoms with van der Waals surface area (Å²) in [6.07, 6.45) is 5.47. The van der Waals surface area contributed by atoms with Gasteiger partial charge in [0.25, 0.3) is 5.91 Å². The lowest BCUT2D eigenvalue weighted by atomic mass is 10.3. The highest BCUT2D eigenvalue weighted by Crippen LogP contribution is 2.37. The predicted molar refractivity (Wildman–Crippen MR) is 94.3 cm³/mol. The van der Waals surface area contributed by atoms with Crippen LogP contribution in [0.3, 0.4) is 0 Å². The second-order valence-electron chi connectivity index (χ2n) is 4.74. The molecule has 22 heavy (non-hydrogen) atoms. The monoisotopic (exact) mass is 351 g/mol. The van der Waals surface area contributed by atoms with Crippen molar-refractivity contribution in [1.82, 2.24) is 14.7 Å². The van der Waals surface area contributed by atoms with Crippen LogP contribution in [-0.2, 0) is 4.79 Å².